The molecule has 0 unspecified atom stereocenters. The van der Waals surface area contributed by atoms with E-state index < -0.39 is 0 Å². The van der Waals surface area contributed by atoms with Crippen LogP contribution in [0.2, 0.25) is 0 Å². The molecule has 0 aliphatic carbocycles. The minimum Gasteiger partial charge on any atom is -0.361 e. The average Bonchev–Trinajstić information content (AvgIpc) is 3.08. The molecular formula is C22H27N3S. The number of aromatic nitrogens is 1. The van der Waals surface area contributed by atoms with Gasteiger partial charge >= 0.3 is 0 Å². The van der Waals surface area contributed by atoms with Crippen LogP contribution in [0.5, 0.6) is 0 Å². The van der Waals surface area contributed by atoms with Crippen LogP contribution in [0, 0.1) is 0 Å². The third-order valence-electron chi connectivity index (χ3n) is 5.04. The van der Waals surface area contributed by atoms with Crippen molar-refractivity contribution in [2.75, 3.05) is 5.32 Å². The number of rotatable bonds is 6. The molecule has 1 aromatic heterocycles. The summed E-state index contributed by atoms with van der Waals surface area (Å²) < 4.78 is 0. The Bertz CT molecular complexity index is 884. The molecule has 3 aromatic rings. The SMILES string of the molecule is CCc1ccccc1NC(=S)N(Cc1c[nH]c2ccccc12)[C@H](C)CC. The quantitative estimate of drug-likeness (QED) is 0.547. The van der Waals surface area contributed by atoms with E-state index in [9.17, 15) is 0 Å². The summed E-state index contributed by atoms with van der Waals surface area (Å²) in [6.45, 7) is 7.39. The summed E-state index contributed by atoms with van der Waals surface area (Å²) in [5, 5.41) is 5.53. The van der Waals surface area contributed by atoms with Gasteiger partial charge in [-0.2, -0.15) is 0 Å². The number of benzene rings is 2. The van der Waals surface area contributed by atoms with E-state index in [4.69, 9.17) is 12.2 Å². The normalized spacial score (nSPS) is 12.1. The smallest absolute Gasteiger partial charge is 0.173 e. The summed E-state index contributed by atoms with van der Waals surface area (Å²) in [6.07, 6.45) is 4.12. The molecule has 0 saturated carbocycles. The van der Waals surface area contributed by atoms with Crippen LogP contribution in [0.25, 0.3) is 10.9 Å². The zero-order valence-electron chi connectivity index (χ0n) is 15.8. The Morgan fingerprint density at radius 3 is 2.58 bits per heavy atom. The second kappa shape index (κ2) is 8.37. The zero-order valence-corrected chi connectivity index (χ0v) is 16.6. The van der Waals surface area contributed by atoms with Crippen molar-refractivity contribution < 1.29 is 0 Å². The van der Waals surface area contributed by atoms with Gasteiger partial charge in [0, 0.05) is 35.4 Å². The minimum absolute atomic E-state index is 0.359. The van der Waals surface area contributed by atoms with Crippen molar-refractivity contribution in [1.29, 1.82) is 0 Å². The van der Waals surface area contributed by atoms with Crippen LogP contribution in [0.3, 0.4) is 0 Å². The van der Waals surface area contributed by atoms with Gasteiger partial charge in [-0.1, -0.05) is 50.2 Å². The summed E-state index contributed by atoms with van der Waals surface area (Å²) in [5.41, 5.74) is 4.83. The van der Waals surface area contributed by atoms with Crippen LogP contribution in [0.4, 0.5) is 5.69 Å². The van der Waals surface area contributed by atoms with Gasteiger partial charge in [0.15, 0.2) is 5.11 Å². The molecule has 1 heterocycles. The molecule has 4 heteroatoms. The number of para-hydroxylation sites is 2. The van der Waals surface area contributed by atoms with Crippen molar-refractivity contribution in [2.45, 2.75) is 46.2 Å². The largest absolute Gasteiger partial charge is 0.361 e. The standard InChI is InChI=1S/C22H27N3S/c1-4-16(3)25(15-18-14-23-21-13-9-7-11-19(18)21)22(26)24-20-12-8-6-10-17(20)5-2/h6-14,16,23H,4-5,15H2,1-3H3,(H,24,26)/t16-/m1/s1. The maximum absolute atomic E-state index is 5.81. The highest BCUT2D eigenvalue weighted by Gasteiger charge is 2.18. The topological polar surface area (TPSA) is 31.1 Å². The third kappa shape index (κ3) is 3.91. The Morgan fingerprint density at radius 2 is 1.81 bits per heavy atom. The van der Waals surface area contributed by atoms with E-state index in [2.05, 4.69) is 90.7 Å². The van der Waals surface area contributed by atoms with Crippen molar-refractivity contribution in [3.8, 4) is 0 Å². The second-order valence-electron chi connectivity index (χ2n) is 6.69. The first-order chi connectivity index (χ1) is 12.6. The first kappa shape index (κ1) is 18.5. The lowest BCUT2D eigenvalue weighted by Gasteiger charge is -2.31. The molecule has 3 rings (SSSR count). The highest BCUT2D eigenvalue weighted by molar-refractivity contribution is 7.80. The number of nitrogens with zero attached hydrogens (tertiary/aromatic N) is 1. The van der Waals surface area contributed by atoms with Gasteiger partial charge < -0.3 is 15.2 Å². The molecule has 0 aliphatic rings. The van der Waals surface area contributed by atoms with E-state index in [1.54, 1.807) is 0 Å². The average molecular weight is 366 g/mol. The van der Waals surface area contributed by atoms with E-state index in [-0.39, 0.29) is 0 Å². The first-order valence-corrected chi connectivity index (χ1v) is 9.75. The van der Waals surface area contributed by atoms with Crippen LogP contribution < -0.4 is 5.32 Å². The monoisotopic (exact) mass is 365 g/mol. The molecule has 0 fully saturated rings. The Hall–Kier alpha value is -2.33. The van der Waals surface area contributed by atoms with E-state index >= 15 is 0 Å². The molecule has 136 valence electrons. The van der Waals surface area contributed by atoms with Crippen LogP contribution in [0.1, 0.15) is 38.3 Å². The van der Waals surface area contributed by atoms with Crippen LogP contribution in [0.15, 0.2) is 54.7 Å². The van der Waals surface area contributed by atoms with Gasteiger partial charge in [0.05, 0.1) is 0 Å². The molecule has 2 aromatic carbocycles. The van der Waals surface area contributed by atoms with Gasteiger partial charge in [-0.25, -0.2) is 0 Å². The molecule has 0 radical (unpaired) electrons. The van der Waals surface area contributed by atoms with Crippen molar-refractivity contribution >= 4 is 33.9 Å². The van der Waals surface area contributed by atoms with E-state index in [0.29, 0.717) is 6.04 Å². The molecule has 26 heavy (non-hydrogen) atoms. The predicted molar refractivity (Wildman–Crippen MR) is 116 cm³/mol. The predicted octanol–water partition coefficient (Wildman–Crippen LogP) is 5.73. The fraction of sp³-hybridized carbons (Fsp3) is 0.318. The highest BCUT2D eigenvalue weighted by Crippen LogP contribution is 2.22. The van der Waals surface area contributed by atoms with E-state index in [0.717, 1.165) is 30.2 Å². The fourth-order valence-electron chi connectivity index (χ4n) is 3.23. The zero-order chi connectivity index (χ0) is 18.5. The lowest BCUT2D eigenvalue weighted by Crippen LogP contribution is -2.40. The molecule has 0 spiro atoms. The Labute approximate surface area is 161 Å². The van der Waals surface area contributed by atoms with Crippen LogP contribution in [-0.2, 0) is 13.0 Å². The number of nitrogens with one attached hydrogen (secondary N) is 2. The maximum Gasteiger partial charge on any atom is 0.173 e. The number of H-pyrrole nitrogens is 1. The van der Waals surface area contributed by atoms with Gasteiger partial charge in [-0.15, -0.1) is 0 Å². The van der Waals surface area contributed by atoms with Crippen molar-refractivity contribution in [1.82, 2.24) is 9.88 Å². The molecule has 1 atom stereocenters. The summed E-state index contributed by atoms with van der Waals surface area (Å²) in [5.74, 6) is 0. The van der Waals surface area contributed by atoms with Gasteiger partial charge in [0.1, 0.15) is 0 Å². The molecule has 0 aliphatic heterocycles. The molecule has 3 nitrogen and oxygen atoms in total. The van der Waals surface area contributed by atoms with Crippen molar-refractivity contribution in [3.05, 3.63) is 65.9 Å². The lowest BCUT2D eigenvalue weighted by molar-refractivity contribution is 0.321. The summed E-state index contributed by atoms with van der Waals surface area (Å²) in [7, 11) is 0. The van der Waals surface area contributed by atoms with Crippen molar-refractivity contribution in [3.63, 3.8) is 0 Å². The number of aromatic amines is 1. The van der Waals surface area contributed by atoms with Crippen LogP contribution >= 0.6 is 12.2 Å². The number of anilines is 1. The number of aryl methyl sites for hydroxylation is 1. The summed E-state index contributed by atoms with van der Waals surface area (Å²) in [6, 6.07) is 17.2. The van der Waals surface area contributed by atoms with Crippen LogP contribution in [-0.4, -0.2) is 21.0 Å². The minimum atomic E-state index is 0.359. The third-order valence-corrected chi connectivity index (χ3v) is 5.38. The number of thiocarbonyl (C=S) groups is 1. The summed E-state index contributed by atoms with van der Waals surface area (Å²) in [4.78, 5) is 5.66. The van der Waals surface area contributed by atoms with Gasteiger partial charge in [-0.05, 0) is 55.2 Å². The maximum atomic E-state index is 5.81. The summed E-state index contributed by atoms with van der Waals surface area (Å²) >= 11 is 5.81. The molecule has 0 bridgehead atoms. The first-order valence-electron chi connectivity index (χ1n) is 9.34. The van der Waals surface area contributed by atoms with Crippen molar-refractivity contribution in [2.24, 2.45) is 0 Å². The van der Waals surface area contributed by atoms with Gasteiger partial charge in [0.2, 0.25) is 0 Å². The molecule has 0 saturated heterocycles. The second-order valence-corrected chi connectivity index (χ2v) is 7.07. The fourth-order valence-corrected chi connectivity index (χ4v) is 3.59. The Balaban J connectivity index is 1.85. The van der Waals surface area contributed by atoms with Gasteiger partial charge in [0.25, 0.3) is 0 Å². The lowest BCUT2D eigenvalue weighted by atomic mass is 10.1. The molecule has 0 amide bonds. The highest BCUT2D eigenvalue weighted by atomic mass is 32.1. The Kier molecular flexibility index (Phi) is 5.94. The number of hydrogen-bond donors (Lipinski definition) is 2. The number of hydrogen-bond acceptors (Lipinski definition) is 1. The van der Waals surface area contributed by atoms with Gasteiger partial charge in [-0.3, -0.25) is 0 Å². The van der Waals surface area contributed by atoms with E-state index in [1.165, 1.54) is 22.0 Å². The molecular weight excluding hydrogens is 338 g/mol. The molecule has 2 N–H and O–H groups in total. The van der Waals surface area contributed by atoms with E-state index in [1.807, 2.05) is 0 Å². The Morgan fingerprint density at radius 1 is 1.08 bits per heavy atom. The number of fused-ring (bicyclic) bond motifs is 1.